The third kappa shape index (κ3) is 2.86. The van der Waals surface area contributed by atoms with Gasteiger partial charge in [-0.05, 0) is 30.3 Å². The highest BCUT2D eigenvalue weighted by atomic mass is 35.5. The monoisotopic (exact) mass is 285 g/mol. The van der Waals surface area contributed by atoms with Crippen LogP contribution in [0.1, 0.15) is 5.56 Å². The molecule has 0 amide bonds. The molecule has 0 bridgehead atoms. The van der Waals surface area contributed by atoms with Crippen LogP contribution >= 0.6 is 23.2 Å². The Balaban J connectivity index is 2.19. The molecule has 0 aliphatic rings. The van der Waals surface area contributed by atoms with Gasteiger partial charge in [-0.2, -0.15) is 0 Å². The van der Waals surface area contributed by atoms with Gasteiger partial charge in [0.1, 0.15) is 12.4 Å². The molecule has 0 heterocycles. The van der Waals surface area contributed by atoms with E-state index in [0.717, 1.165) is 0 Å². The number of nitrogens with two attached hydrogens (primary N) is 1. The molecule has 2 aromatic carbocycles. The van der Waals surface area contributed by atoms with Crippen LogP contribution in [0.15, 0.2) is 36.4 Å². The zero-order valence-corrected chi connectivity index (χ0v) is 10.8. The molecule has 0 radical (unpaired) electrons. The molecular weight excluding hydrogens is 276 g/mol. The Morgan fingerprint density at radius 1 is 1.11 bits per heavy atom. The SMILES string of the molecule is Nc1ccc(F)cc1COc1c(Cl)cccc1Cl. The van der Waals surface area contributed by atoms with Gasteiger partial charge in [0.15, 0.2) is 5.75 Å². The summed E-state index contributed by atoms with van der Waals surface area (Å²) in [6.07, 6.45) is 0. The fourth-order valence-electron chi connectivity index (χ4n) is 1.47. The van der Waals surface area contributed by atoms with Crippen LogP contribution in [0, 0.1) is 5.82 Å². The molecular formula is C13H10Cl2FNO. The fourth-order valence-corrected chi connectivity index (χ4v) is 1.98. The van der Waals surface area contributed by atoms with E-state index in [4.69, 9.17) is 33.7 Å². The molecule has 2 rings (SSSR count). The first-order chi connectivity index (χ1) is 8.58. The third-order valence-corrected chi connectivity index (χ3v) is 2.99. The van der Waals surface area contributed by atoms with Gasteiger partial charge in [0, 0.05) is 11.3 Å². The molecule has 94 valence electrons. The molecule has 0 spiro atoms. The summed E-state index contributed by atoms with van der Waals surface area (Å²) in [6.45, 7) is 0.104. The summed E-state index contributed by atoms with van der Waals surface area (Å²) in [7, 11) is 0. The van der Waals surface area contributed by atoms with E-state index in [2.05, 4.69) is 0 Å². The lowest BCUT2D eigenvalue weighted by atomic mass is 10.2. The number of ether oxygens (including phenoxy) is 1. The van der Waals surface area contributed by atoms with Crippen molar-refractivity contribution in [3.8, 4) is 5.75 Å². The average molecular weight is 286 g/mol. The van der Waals surface area contributed by atoms with E-state index in [9.17, 15) is 4.39 Å². The number of hydrogen-bond donors (Lipinski definition) is 1. The minimum absolute atomic E-state index is 0.104. The lowest BCUT2D eigenvalue weighted by molar-refractivity contribution is 0.306. The van der Waals surface area contributed by atoms with Crippen molar-refractivity contribution >= 4 is 28.9 Å². The van der Waals surface area contributed by atoms with Gasteiger partial charge in [-0.3, -0.25) is 0 Å². The Morgan fingerprint density at radius 2 is 1.78 bits per heavy atom. The summed E-state index contributed by atoms with van der Waals surface area (Å²) in [5, 5.41) is 0.801. The van der Waals surface area contributed by atoms with Gasteiger partial charge in [0.05, 0.1) is 10.0 Å². The summed E-state index contributed by atoms with van der Waals surface area (Å²) >= 11 is 11.9. The number of nitrogen functional groups attached to an aromatic ring is 1. The van der Waals surface area contributed by atoms with Gasteiger partial charge in [-0.25, -0.2) is 4.39 Å². The Morgan fingerprint density at radius 3 is 2.44 bits per heavy atom. The number of rotatable bonds is 3. The second kappa shape index (κ2) is 5.46. The first kappa shape index (κ1) is 13.0. The molecule has 2 aromatic rings. The van der Waals surface area contributed by atoms with Crippen molar-refractivity contribution in [3.05, 3.63) is 57.8 Å². The van der Waals surface area contributed by atoms with Crippen molar-refractivity contribution < 1.29 is 9.13 Å². The van der Waals surface area contributed by atoms with Crippen LogP contribution in [0.2, 0.25) is 10.0 Å². The normalized spacial score (nSPS) is 10.4. The summed E-state index contributed by atoms with van der Waals surface area (Å²) in [4.78, 5) is 0. The molecule has 0 atom stereocenters. The lowest BCUT2D eigenvalue weighted by Crippen LogP contribution is -2.01. The van der Waals surface area contributed by atoms with Crippen LogP contribution in [0.4, 0.5) is 10.1 Å². The molecule has 0 unspecified atom stereocenters. The van der Waals surface area contributed by atoms with Crippen LogP contribution in [-0.2, 0) is 6.61 Å². The van der Waals surface area contributed by atoms with Crippen LogP contribution in [-0.4, -0.2) is 0 Å². The lowest BCUT2D eigenvalue weighted by Gasteiger charge is -2.11. The van der Waals surface area contributed by atoms with E-state index < -0.39 is 0 Å². The first-order valence-corrected chi connectivity index (χ1v) is 5.94. The number of anilines is 1. The van der Waals surface area contributed by atoms with Gasteiger partial charge in [0.25, 0.3) is 0 Å². The molecule has 0 saturated carbocycles. The maximum absolute atomic E-state index is 13.1. The molecule has 18 heavy (non-hydrogen) atoms. The van der Waals surface area contributed by atoms with E-state index >= 15 is 0 Å². The van der Waals surface area contributed by atoms with Crippen molar-refractivity contribution in [2.45, 2.75) is 6.61 Å². The van der Waals surface area contributed by atoms with Crippen molar-refractivity contribution in [3.63, 3.8) is 0 Å². The maximum atomic E-state index is 13.1. The second-order valence-corrected chi connectivity index (χ2v) is 4.50. The minimum Gasteiger partial charge on any atom is -0.486 e. The summed E-state index contributed by atoms with van der Waals surface area (Å²) < 4.78 is 18.5. The highest BCUT2D eigenvalue weighted by Crippen LogP contribution is 2.33. The maximum Gasteiger partial charge on any atom is 0.156 e. The van der Waals surface area contributed by atoms with Gasteiger partial charge < -0.3 is 10.5 Å². The van der Waals surface area contributed by atoms with Gasteiger partial charge >= 0.3 is 0 Å². The Bertz CT molecular complexity index is 555. The van der Waals surface area contributed by atoms with Crippen LogP contribution in [0.3, 0.4) is 0 Å². The number of benzene rings is 2. The molecule has 2 N–H and O–H groups in total. The number of halogens is 3. The minimum atomic E-state index is -0.368. The van der Waals surface area contributed by atoms with E-state index in [1.807, 2.05) is 0 Å². The zero-order chi connectivity index (χ0) is 13.1. The summed E-state index contributed by atoms with van der Waals surface area (Å²) in [5.74, 6) is -0.00227. The van der Waals surface area contributed by atoms with E-state index in [-0.39, 0.29) is 12.4 Å². The van der Waals surface area contributed by atoms with Crippen molar-refractivity contribution in [2.75, 3.05) is 5.73 Å². The van der Waals surface area contributed by atoms with Crippen LogP contribution < -0.4 is 10.5 Å². The van der Waals surface area contributed by atoms with Crippen LogP contribution in [0.25, 0.3) is 0 Å². The molecule has 0 aromatic heterocycles. The fraction of sp³-hybridized carbons (Fsp3) is 0.0769. The predicted octanol–water partition coefficient (Wildman–Crippen LogP) is 4.29. The van der Waals surface area contributed by atoms with Gasteiger partial charge in [-0.15, -0.1) is 0 Å². The van der Waals surface area contributed by atoms with E-state index in [0.29, 0.717) is 27.0 Å². The zero-order valence-electron chi connectivity index (χ0n) is 9.29. The number of hydrogen-bond acceptors (Lipinski definition) is 2. The molecule has 0 fully saturated rings. The molecule has 2 nitrogen and oxygen atoms in total. The molecule has 0 aliphatic carbocycles. The largest absolute Gasteiger partial charge is 0.486 e. The first-order valence-electron chi connectivity index (χ1n) is 5.18. The van der Waals surface area contributed by atoms with E-state index in [1.165, 1.54) is 18.2 Å². The predicted molar refractivity (Wildman–Crippen MR) is 71.6 cm³/mol. The molecule has 0 aliphatic heterocycles. The summed E-state index contributed by atoms with van der Waals surface area (Å²) in [6, 6.07) is 9.15. The highest BCUT2D eigenvalue weighted by Gasteiger charge is 2.08. The topological polar surface area (TPSA) is 35.2 Å². The van der Waals surface area contributed by atoms with E-state index in [1.54, 1.807) is 18.2 Å². The van der Waals surface area contributed by atoms with Crippen molar-refractivity contribution in [1.82, 2.24) is 0 Å². The Hall–Kier alpha value is -1.45. The summed E-state index contributed by atoms with van der Waals surface area (Å²) in [5.41, 5.74) is 6.72. The third-order valence-electron chi connectivity index (χ3n) is 2.40. The van der Waals surface area contributed by atoms with Gasteiger partial charge in [-0.1, -0.05) is 29.3 Å². The molecule has 5 heteroatoms. The highest BCUT2D eigenvalue weighted by molar-refractivity contribution is 6.37. The second-order valence-electron chi connectivity index (χ2n) is 3.68. The molecule has 0 saturated heterocycles. The quantitative estimate of drug-likeness (QED) is 0.854. The Labute approximate surface area is 114 Å². The van der Waals surface area contributed by atoms with Crippen LogP contribution in [0.5, 0.6) is 5.75 Å². The van der Waals surface area contributed by atoms with Crippen molar-refractivity contribution in [2.24, 2.45) is 0 Å². The standard InChI is InChI=1S/C13H10Cl2FNO/c14-10-2-1-3-11(15)13(10)18-7-8-6-9(16)4-5-12(8)17/h1-6H,7,17H2. The smallest absolute Gasteiger partial charge is 0.156 e. The average Bonchev–Trinajstić information content (AvgIpc) is 2.33. The van der Waals surface area contributed by atoms with Crippen molar-refractivity contribution in [1.29, 1.82) is 0 Å². The van der Waals surface area contributed by atoms with Gasteiger partial charge in [0.2, 0.25) is 0 Å². The Kier molecular flexibility index (Phi) is 3.94. The number of para-hydroxylation sites is 1.